The molecule has 204 valence electrons. The summed E-state index contributed by atoms with van der Waals surface area (Å²) >= 11 is 0. The van der Waals surface area contributed by atoms with Gasteiger partial charge in [-0.05, 0) is 57.9 Å². The number of carbonyl (C=O) groups is 1. The van der Waals surface area contributed by atoms with Crippen LogP contribution in [0.1, 0.15) is 52.9 Å². The molecule has 1 aromatic carbocycles. The normalized spacial score (nSPS) is 22.9. The zero-order valence-electron chi connectivity index (χ0n) is 21.9. The molecule has 36 heavy (non-hydrogen) atoms. The molecule has 12 heteroatoms. The van der Waals surface area contributed by atoms with Crippen molar-refractivity contribution in [2.24, 2.45) is 0 Å². The average molecular weight is 545 g/mol. The van der Waals surface area contributed by atoms with Gasteiger partial charge >= 0.3 is 6.09 Å². The highest BCUT2D eigenvalue weighted by atomic mass is 32.2. The van der Waals surface area contributed by atoms with Crippen LogP contribution >= 0.6 is 0 Å². The van der Waals surface area contributed by atoms with Crippen LogP contribution in [0.15, 0.2) is 34.1 Å². The summed E-state index contributed by atoms with van der Waals surface area (Å²) in [6.45, 7) is 7.91. The Morgan fingerprint density at radius 3 is 2.03 bits per heavy atom. The molecule has 10 nitrogen and oxygen atoms in total. The van der Waals surface area contributed by atoms with Gasteiger partial charge in [-0.25, -0.2) is 30.7 Å². The average Bonchev–Trinajstić information content (AvgIpc) is 3.03. The van der Waals surface area contributed by atoms with Gasteiger partial charge in [0, 0.05) is 52.4 Å². The maximum Gasteiger partial charge on any atom is 0.410 e. The molecule has 2 atom stereocenters. The van der Waals surface area contributed by atoms with Crippen LogP contribution < -0.4 is 4.72 Å². The number of sulfonamides is 2. The molecule has 1 saturated carbocycles. The lowest BCUT2D eigenvalue weighted by atomic mass is 10.0. The van der Waals surface area contributed by atoms with Gasteiger partial charge in [0.2, 0.25) is 20.0 Å². The highest BCUT2D eigenvalue weighted by molar-refractivity contribution is 7.89. The van der Waals surface area contributed by atoms with Crippen molar-refractivity contribution < 1.29 is 26.4 Å². The van der Waals surface area contributed by atoms with Gasteiger partial charge in [-0.3, -0.25) is 4.90 Å². The molecule has 0 aromatic heterocycles. The molecule has 3 rings (SSSR count). The Hall–Kier alpha value is -1.73. The third kappa shape index (κ3) is 7.18. The molecule has 0 radical (unpaired) electrons. The predicted molar refractivity (Wildman–Crippen MR) is 138 cm³/mol. The lowest BCUT2D eigenvalue weighted by Gasteiger charge is -2.42. The molecule has 2 unspecified atom stereocenters. The van der Waals surface area contributed by atoms with Crippen molar-refractivity contribution in [3.63, 3.8) is 0 Å². The Morgan fingerprint density at radius 1 is 0.917 bits per heavy atom. The van der Waals surface area contributed by atoms with Gasteiger partial charge in [-0.2, -0.15) is 0 Å². The Balaban J connectivity index is 1.70. The number of ether oxygens (including phenoxy) is 1. The number of hydrogen-bond donors (Lipinski definition) is 1. The Morgan fingerprint density at radius 2 is 1.47 bits per heavy atom. The van der Waals surface area contributed by atoms with E-state index < -0.39 is 25.6 Å². The van der Waals surface area contributed by atoms with Crippen LogP contribution in [0, 0.1) is 0 Å². The van der Waals surface area contributed by atoms with Crippen LogP contribution in [0.4, 0.5) is 4.79 Å². The molecule has 1 heterocycles. The number of nitrogens with one attached hydrogen (secondary N) is 1. The Bertz CT molecular complexity index is 1110. The van der Waals surface area contributed by atoms with Crippen molar-refractivity contribution in [2.75, 3.05) is 40.3 Å². The summed E-state index contributed by atoms with van der Waals surface area (Å²) in [6.07, 6.45) is 4.28. The summed E-state index contributed by atoms with van der Waals surface area (Å²) in [5.74, 6) is 0. The van der Waals surface area contributed by atoms with Crippen molar-refractivity contribution in [1.82, 2.24) is 18.8 Å². The third-order valence-electron chi connectivity index (χ3n) is 6.63. The highest BCUT2D eigenvalue weighted by Gasteiger charge is 2.35. The smallest absolute Gasteiger partial charge is 0.410 e. The molecule has 1 aromatic rings. The largest absolute Gasteiger partial charge is 0.444 e. The fourth-order valence-corrected chi connectivity index (χ4v) is 6.90. The van der Waals surface area contributed by atoms with E-state index in [1.165, 1.54) is 38.4 Å². The summed E-state index contributed by atoms with van der Waals surface area (Å²) in [5, 5.41) is 0. The van der Waals surface area contributed by atoms with Crippen molar-refractivity contribution in [3.8, 4) is 0 Å². The summed E-state index contributed by atoms with van der Waals surface area (Å²) in [4.78, 5) is 16.5. The number of piperazine rings is 1. The van der Waals surface area contributed by atoms with E-state index in [4.69, 9.17) is 4.74 Å². The Kier molecular flexibility index (Phi) is 9.08. The molecule has 2 aliphatic rings. The molecular weight excluding hydrogens is 504 g/mol. The molecule has 1 aliphatic heterocycles. The monoisotopic (exact) mass is 544 g/mol. The Labute approximate surface area is 216 Å². The minimum atomic E-state index is -3.84. The zero-order valence-corrected chi connectivity index (χ0v) is 23.6. The minimum Gasteiger partial charge on any atom is -0.444 e. The van der Waals surface area contributed by atoms with E-state index in [9.17, 15) is 21.6 Å². The first-order valence-electron chi connectivity index (χ1n) is 12.5. The van der Waals surface area contributed by atoms with E-state index in [1.54, 1.807) is 4.90 Å². The van der Waals surface area contributed by atoms with Gasteiger partial charge in [0.15, 0.2) is 0 Å². The predicted octanol–water partition coefficient (Wildman–Crippen LogP) is 2.47. The van der Waals surface area contributed by atoms with Crippen LogP contribution in [0.2, 0.25) is 0 Å². The first-order valence-corrected chi connectivity index (χ1v) is 15.4. The number of carbonyl (C=O) groups excluding carboxylic acids is 1. The van der Waals surface area contributed by atoms with Crippen LogP contribution in [0.5, 0.6) is 0 Å². The standard InChI is InChI=1S/C24H40N4O6S2/c1-24(2,3)34-23(29)28-17-15-27(16-18-28)22-10-8-6-7-9-21(22)25-35(30,31)19-11-13-20(14-12-19)36(32,33)26(4)5/h11-14,21-22,25H,6-10,15-18H2,1-5H3. The van der Waals surface area contributed by atoms with Gasteiger partial charge in [0.05, 0.1) is 9.79 Å². The SMILES string of the molecule is CN(C)S(=O)(=O)c1ccc(S(=O)(=O)NC2CCCCCC2N2CCN(C(=O)OC(C)(C)C)CC2)cc1. The number of amides is 1. The van der Waals surface area contributed by atoms with Crippen molar-refractivity contribution in [1.29, 1.82) is 0 Å². The van der Waals surface area contributed by atoms with E-state index in [-0.39, 0.29) is 28.0 Å². The number of rotatable bonds is 6. The second-order valence-corrected chi connectivity index (χ2v) is 14.6. The van der Waals surface area contributed by atoms with Crippen molar-refractivity contribution in [3.05, 3.63) is 24.3 Å². The van der Waals surface area contributed by atoms with E-state index in [0.29, 0.717) is 26.2 Å². The quantitative estimate of drug-likeness (QED) is 0.547. The third-order valence-corrected chi connectivity index (χ3v) is 9.97. The van der Waals surface area contributed by atoms with Crippen LogP contribution in [-0.4, -0.2) is 95.0 Å². The molecule has 0 spiro atoms. The van der Waals surface area contributed by atoms with Gasteiger partial charge in [0.1, 0.15) is 5.60 Å². The first-order chi connectivity index (χ1) is 16.7. The van der Waals surface area contributed by atoms with Crippen molar-refractivity contribution >= 4 is 26.1 Å². The number of nitrogens with zero attached hydrogens (tertiary/aromatic N) is 3. The summed E-state index contributed by atoms with van der Waals surface area (Å²) in [6, 6.07) is 5.08. The van der Waals surface area contributed by atoms with Crippen LogP contribution in [0.3, 0.4) is 0 Å². The molecule has 1 saturated heterocycles. The van der Waals surface area contributed by atoms with Gasteiger partial charge < -0.3 is 9.64 Å². The van der Waals surface area contributed by atoms with Crippen LogP contribution in [-0.2, 0) is 24.8 Å². The maximum atomic E-state index is 13.3. The molecule has 1 amide bonds. The second-order valence-electron chi connectivity index (χ2n) is 10.7. The van der Waals surface area contributed by atoms with Gasteiger partial charge in [-0.1, -0.05) is 19.3 Å². The van der Waals surface area contributed by atoms with E-state index >= 15 is 0 Å². The van der Waals surface area contributed by atoms with Gasteiger partial charge in [-0.15, -0.1) is 0 Å². The van der Waals surface area contributed by atoms with E-state index in [1.807, 2.05) is 20.8 Å². The topological polar surface area (TPSA) is 116 Å². The molecule has 1 N–H and O–H groups in total. The fraction of sp³-hybridized carbons (Fsp3) is 0.708. The van der Waals surface area contributed by atoms with E-state index in [2.05, 4.69) is 9.62 Å². The maximum absolute atomic E-state index is 13.3. The molecule has 1 aliphatic carbocycles. The van der Waals surface area contributed by atoms with Gasteiger partial charge in [0.25, 0.3) is 0 Å². The summed E-state index contributed by atoms with van der Waals surface area (Å²) in [7, 11) is -4.62. The van der Waals surface area contributed by atoms with E-state index in [0.717, 1.165) is 36.4 Å². The number of benzene rings is 1. The van der Waals surface area contributed by atoms with Crippen LogP contribution in [0.25, 0.3) is 0 Å². The second kappa shape index (κ2) is 11.3. The minimum absolute atomic E-state index is 0.0245. The summed E-state index contributed by atoms with van der Waals surface area (Å²) in [5.41, 5.74) is -0.548. The molecule has 0 bridgehead atoms. The number of hydrogen-bond acceptors (Lipinski definition) is 7. The van der Waals surface area contributed by atoms with Crippen molar-refractivity contribution in [2.45, 2.75) is 80.4 Å². The summed E-state index contributed by atoms with van der Waals surface area (Å²) < 4.78 is 60.6. The lowest BCUT2D eigenvalue weighted by Crippen LogP contribution is -2.58. The molecular formula is C24H40N4O6S2. The fourth-order valence-electron chi connectivity index (χ4n) is 4.69. The lowest BCUT2D eigenvalue weighted by molar-refractivity contribution is 0.00819. The zero-order chi connectivity index (χ0) is 26.7. The first kappa shape index (κ1) is 28.8. The highest BCUT2D eigenvalue weighted by Crippen LogP contribution is 2.26. The molecule has 2 fully saturated rings.